The Kier molecular flexibility index (Phi) is 9.68. The number of ether oxygens (including phenoxy) is 2. The van der Waals surface area contributed by atoms with Gasteiger partial charge in [0.05, 0.1) is 29.6 Å². The molecule has 2 aliphatic rings. The van der Waals surface area contributed by atoms with Crippen LogP contribution in [0.15, 0.2) is 23.8 Å². The van der Waals surface area contributed by atoms with Crippen molar-refractivity contribution in [3.05, 3.63) is 23.8 Å². The van der Waals surface area contributed by atoms with Crippen molar-refractivity contribution in [3.8, 4) is 0 Å². The van der Waals surface area contributed by atoms with E-state index in [0.717, 1.165) is 19.3 Å². The van der Waals surface area contributed by atoms with Gasteiger partial charge in [-0.2, -0.15) is 0 Å². The first-order valence-electron chi connectivity index (χ1n) is 12.6. The number of carbonyl (C=O) groups is 2. The molecule has 0 spiro atoms. The largest absolute Gasteiger partial charge is 0.462 e. The van der Waals surface area contributed by atoms with Gasteiger partial charge in [0.1, 0.15) is 11.9 Å². The number of unbranched alkanes of at least 4 members (excludes halogenated alkanes) is 2. The molecule has 34 heavy (non-hydrogen) atoms. The van der Waals surface area contributed by atoms with Gasteiger partial charge in [-0.05, 0) is 32.3 Å². The smallest absolute Gasteiger partial charge is 0.311 e. The third kappa shape index (κ3) is 7.23. The number of Topliss-reactive ketones (excluding diaryl/α,β-unsaturated/α-hetero) is 1. The number of rotatable bonds is 4. The number of aliphatic hydroxyl groups excluding tert-OH is 2. The number of allylic oxidation sites excluding steroid dienone is 1. The fourth-order valence-electron chi connectivity index (χ4n) is 5.00. The molecule has 0 aromatic carbocycles. The summed E-state index contributed by atoms with van der Waals surface area (Å²) in [4.78, 5) is 26.1. The molecule has 6 unspecified atom stereocenters. The van der Waals surface area contributed by atoms with E-state index in [9.17, 15) is 24.9 Å². The number of ketones is 1. The molecule has 2 bridgehead atoms. The Hall–Kier alpha value is -1.54. The molecule has 0 amide bonds. The van der Waals surface area contributed by atoms with Gasteiger partial charge in [0.15, 0.2) is 5.79 Å². The van der Waals surface area contributed by atoms with Gasteiger partial charge in [-0.3, -0.25) is 9.59 Å². The molecular formula is C27H44O7. The van der Waals surface area contributed by atoms with Crippen LogP contribution in [0, 0.1) is 11.3 Å². The molecule has 1 saturated heterocycles. The van der Waals surface area contributed by atoms with Crippen molar-refractivity contribution < 1.29 is 34.4 Å². The molecule has 6 atom stereocenters. The summed E-state index contributed by atoms with van der Waals surface area (Å²) in [7, 11) is 0. The lowest BCUT2D eigenvalue weighted by molar-refractivity contribution is -0.295. The standard InChI is InChI=1S/C27H44O7/c1-7-8-9-11-21-12-10-13-22(29)25(4,5)24(31)18(2)14-19(3)26(6)15-20(28)16-27(32,34-26)17-23(30)33-21/h10,13-14,18,20-22,28-29,32H,7-9,11-12,15-17H2,1-6H3. The number of esters is 1. The van der Waals surface area contributed by atoms with Crippen LogP contribution in [0.25, 0.3) is 0 Å². The Labute approximate surface area is 204 Å². The Morgan fingerprint density at radius 2 is 1.79 bits per heavy atom. The monoisotopic (exact) mass is 480 g/mol. The van der Waals surface area contributed by atoms with E-state index >= 15 is 0 Å². The molecule has 0 aliphatic carbocycles. The number of cyclic esters (lactones) is 1. The molecular weight excluding hydrogens is 436 g/mol. The van der Waals surface area contributed by atoms with Crippen molar-refractivity contribution in [1.82, 2.24) is 0 Å². The summed E-state index contributed by atoms with van der Waals surface area (Å²) in [5, 5.41) is 32.5. The summed E-state index contributed by atoms with van der Waals surface area (Å²) in [5.74, 6) is -3.11. The zero-order valence-corrected chi connectivity index (χ0v) is 21.7. The SMILES string of the molecule is CCCCCC1CC=CC(O)C(C)(C)C(=O)C(C)C=C(C)C2(C)CC(O)CC(O)(CC(=O)O1)O2. The van der Waals surface area contributed by atoms with Crippen molar-refractivity contribution in [3.63, 3.8) is 0 Å². The van der Waals surface area contributed by atoms with Crippen LogP contribution in [0.4, 0.5) is 0 Å². The number of carbonyl (C=O) groups excluding carboxylic acids is 2. The topological polar surface area (TPSA) is 113 Å². The van der Waals surface area contributed by atoms with Crippen molar-refractivity contribution in [2.75, 3.05) is 0 Å². The Morgan fingerprint density at radius 1 is 1.12 bits per heavy atom. The van der Waals surface area contributed by atoms with Gasteiger partial charge in [0.2, 0.25) is 0 Å². The van der Waals surface area contributed by atoms with E-state index in [1.165, 1.54) is 0 Å². The summed E-state index contributed by atoms with van der Waals surface area (Å²) < 4.78 is 11.8. The third-order valence-corrected chi connectivity index (χ3v) is 7.28. The van der Waals surface area contributed by atoms with Crippen LogP contribution < -0.4 is 0 Å². The van der Waals surface area contributed by atoms with Gasteiger partial charge in [-0.15, -0.1) is 0 Å². The predicted octanol–water partition coefficient (Wildman–Crippen LogP) is 3.99. The van der Waals surface area contributed by atoms with Crippen molar-refractivity contribution in [1.29, 1.82) is 0 Å². The van der Waals surface area contributed by atoms with E-state index in [2.05, 4.69) is 6.92 Å². The third-order valence-electron chi connectivity index (χ3n) is 7.28. The Balaban J connectivity index is 2.43. The molecule has 2 aliphatic heterocycles. The fraction of sp³-hybridized carbons (Fsp3) is 0.778. The maximum absolute atomic E-state index is 13.3. The van der Waals surface area contributed by atoms with Crippen LogP contribution in [0.3, 0.4) is 0 Å². The average Bonchev–Trinajstić information content (AvgIpc) is 2.70. The quantitative estimate of drug-likeness (QED) is 0.317. The summed E-state index contributed by atoms with van der Waals surface area (Å²) in [5.41, 5.74) is -1.43. The molecule has 0 radical (unpaired) electrons. The lowest BCUT2D eigenvalue weighted by Gasteiger charge is -2.46. The van der Waals surface area contributed by atoms with Crippen molar-refractivity contribution in [2.24, 2.45) is 11.3 Å². The van der Waals surface area contributed by atoms with E-state index in [1.807, 2.05) is 0 Å². The van der Waals surface area contributed by atoms with Gasteiger partial charge >= 0.3 is 5.97 Å². The van der Waals surface area contributed by atoms with Gasteiger partial charge < -0.3 is 24.8 Å². The number of fused-ring (bicyclic) bond motifs is 2. The van der Waals surface area contributed by atoms with Crippen molar-refractivity contribution in [2.45, 2.75) is 123 Å². The molecule has 194 valence electrons. The lowest BCUT2D eigenvalue weighted by Crippen LogP contribution is -2.53. The minimum absolute atomic E-state index is 0.0981. The minimum atomic E-state index is -1.87. The highest BCUT2D eigenvalue weighted by Crippen LogP contribution is 2.41. The van der Waals surface area contributed by atoms with Crippen molar-refractivity contribution >= 4 is 11.8 Å². The predicted molar refractivity (Wildman–Crippen MR) is 130 cm³/mol. The summed E-state index contributed by atoms with van der Waals surface area (Å²) in [6.07, 6.45) is 6.52. The number of aliphatic hydroxyl groups is 3. The summed E-state index contributed by atoms with van der Waals surface area (Å²) in [6, 6.07) is 0. The average molecular weight is 481 g/mol. The second kappa shape index (κ2) is 11.5. The molecule has 1 fully saturated rings. The van der Waals surface area contributed by atoms with Gasteiger partial charge in [-0.1, -0.05) is 58.8 Å². The van der Waals surface area contributed by atoms with Gasteiger partial charge in [0, 0.05) is 25.2 Å². The molecule has 0 aromatic rings. The first kappa shape index (κ1) is 28.7. The van der Waals surface area contributed by atoms with Gasteiger partial charge in [0.25, 0.3) is 0 Å². The van der Waals surface area contributed by atoms with Crippen LogP contribution in [-0.4, -0.2) is 56.8 Å². The minimum Gasteiger partial charge on any atom is -0.462 e. The summed E-state index contributed by atoms with van der Waals surface area (Å²) >= 11 is 0. The maximum atomic E-state index is 13.3. The highest BCUT2D eigenvalue weighted by Gasteiger charge is 2.48. The van der Waals surface area contributed by atoms with Crippen LogP contribution >= 0.6 is 0 Å². The Morgan fingerprint density at radius 3 is 2.44 bits per heavy atom. The normalized spacial score (nSPS) is 37.7. The second-order valence-electron chi connectivity index (χ2n) is 11.0. The van der Waals surface area contributed by atoms with E-state index < -0.39 is 53.4 Å². The lowest BCUT2D eigenvalue weighted by atomic mass is 9.75. The second-order valence-corrected chi connectivity index (χ2v) is 11.0. The molecule has 2 heterocycles. The maximum Gasteiger partial charge on any atom is 0.311 e. The van der Waals surface area contributed by atoms with Crippen LogP contribution in [0.2, 0.25) is 0 Å². The highest BCUT2D eigenvalue weighted by atomic mass is 16.6. The van der Waals surface area contributed by atoms with E-state index in [1.54, 1.807) is 52.8 Å². The first-order valence-corrected chi connectivity index (χ1v) is 12.6. The van der Waals surface area contributed by atoms with Crippen LogP contribution in [0.1, 0.15) is 92.9 Å². The van der Waals surface area contributed by atoms with E-state index in [0.29, 0.717) is 18.4 Å². The molecule has 7 nitrogen and oxygen atoms in total. The van der Waals surface area contributed by atoms with E-state index in [4.69, 9.17) is 9.47 Å². The summed E-state index contributed by atoms with van der Waals surface area (Å²) in [6.45, 7) is 10.8. The van der Waals surface area contributed by atoms with E-state index in [-0.39, 0.29) is 18.6 Å². The zero-order valence-electron chi connectivity index (χ0n) is 21.7. The Bertz CT molecular complexity index is 786. The first-order chi connectivity index (χ1) is 15.7. The molecule has 2 rings (SSSR count). The molecule has 0 aromatic heterocycles. The zero-order chi connectivity index (χ0) is 25.7. The number of hydrogen-bond donors (Lipinski definition) is 3. The van der Waals surface area contributed by atoms with Crippen LogP contribution in [-0.2, 0) is 19.1 Å². The van der Waals surface area contributed by atoms with Crippen LogP contribution in [0.5, 0.6) is 0 Å². The highest BCUT2D eigenvalue weighted by molar-refractivity contribution is 5.88. The molecule has 0 saturated carbocycles. The molecule has 3 N–H and O–H groups in total. The fourth-order valence-corrected chi connectivity index (χ4v) is 5.00. The molecule has 7 heteroatoms. The van der Waals surface area contributed by atoms with Gasteiger partial charge in [-0.25, -0.2) is 0 Å². The number of hydrogen-bond acceptors (Lipinski definition) is 7.